The van der Waals surface area contributed by atoms with Crippen LogP contribution in [-0.4, -0.2) is 31.9 Å². The summed E-state index contributed by atoms with van der Waals surface area (Å²) in [4.78, 5) is 25.1. The summed E-state index contributed by atoms with van der Waals surface area (Å²) in [7, 11) is 0. The van der Waals surface area contributed by atoms with Crippen molar-refractivity contribution in [2.75, 3.05) is 6.54 Å². The number of pyridine rings is 1. The van der Waals surface area contributed by atoms with Gasteiger partial charge in [-0.25, -0.2) is 9.97 Å². The van der Waals surface area contributed by atoms with Gasteiger partial charge in [0.1, 0.15) is 11.3 Å². The molecule has 1 fully saturated rings. The molecule has 2 aromatic heterocycles. The molecule has 1 amide bonds. The molecule has 4 rings (SSSR count). The molecule has 30 heavy (non-hydrogen) atoms. The van der Waals surface area contributed by atoms with Gasteiger partial charge in [0.05, 0.1) is 6.54 Å². The fourth-order valence-corrected chi connectivity index (χ4v) is 4.69. The molecule has 0 saturated heterocycles. The molecule has 2 heterocycles. The molecule has 1 aliphatic carbocycles. The van der Waals surface area contributed by atoms with E-state index >= 15 is 0 Å². The van der Waals surface area contributed by atoms with Crippen LogP contribution < -0.4 is 0 Å². The van der Waals surface area contributed by atoms with E-state index in [0.29, 0.717) is 25.0 Å². The van der Waals surface area contributed by atoms with Gasteiger partial charge in [0.15, 0.2) is 5.65 Å². The first-order valence-electron chi connectivity index (χ1n) is 11.1. The molecule has 5 heteroatoms. The Kier molecular flexibility index (Phi) is 5.89. The predicted molar refractivity (Wildman–Crippen MR) is 121 cm³/mol. The van der Waals surface area contributed by atoms with Crippen LogP contribution in [0, 0.1) is 19.8 Å². The normalized spacial score (nSPS) is 14.7. The van der Waals surface area contributed by atoms with Crippen molar-refractivity contribution in [3.05, 3.63) is 59.0 Å². The lowest BCUT2D eigenvalue weighted by molar-refractivity contribution is 0.0714. The van der Waals surface area contributed by atoms with Gasteiger partial charge < -0.3 is 9.47 Å². The monoisotopic (exact) mass is 404 g/mol. The lowest BCUT2D eigenvalue weighted by Gasteiger charge is -2.26. The number of nitrogens with zero attached hydrogens (tertiary/aromatic N) is 4. The van der Waals surface area contributed by atoms with Crippen LogP contribution in [0.5, 0.6) is 0 Å². The second-order valence-electron chi connectivity index (χ2n) is 9.08. The number of aromatic nitrogens is 3. The molecule has 1 saturated carbocycles. The molecule has 5 nitrogen and oxygen atoms in total. The maximum Gasteiger partial charge on any atom is 0.254 e. The van der Waals surface area contributed by atoms with Crippen molar-refractivity contribution < 1.29 is 4.79 Å². The average Bonchev–Trinajstić information content (AvgIpc) is 3.33. The number of imidazole rings is 1. The molecule has 1 aliphatic rings. The minimum Gasteiger partial charge on any atom is -0.331 e. The number of carbonyl (C=O) groups excluding carboxylic acids is 1. The van der Waals surface area contributed by atoms with Crippen molar-refractivity contribution in [3.63, 3.8) is 0 Å². The van der Waals surface area contributed by atoms with Gasteiger partial charge in [0.2, 0.25) is 0 Å². The summed E-state index contributed by atoms with van der Waals surface area (Å²) < 4.78 is 2.31. The Morgan fingerprint density at radius 3 is 2.67 bits per heavy atom. The highest BCUT2D eigenvalue weighted by Crippen LogP contribution is 2.33. The molecule has 0 unspecified atom stereocenters. The zero-order valence-corrected chi connectivity index (χ0v) is 18.6. The summed E-state index contributed by atoms with van der Waals surface area (Å²) in [6.45, 7) is 9.60. The van der Waals surface area contributed by atoms with Crippen LogP contribution in [0.25, 0.3) is 11.2 Å². The smallest absolute Gasteiger partial charge is 0.254 e. The third-order valence-corrected chi connectivity index (χ3v) is 6.03. The Labute approximate surface area is 179 Å². The van der Waals surface area contributed by atoms with Gasteiger partial charge in [0.25, 0.3) is 5.91 Å². The zero-order valence-electron chi connectivity index (χ0n) is 18.6. The fraction of sp³-hybridized carbons (Fsp3) is 0.480. The molecular weight excluding hydrogens is 372 g/mol. The summed E-state index contributed by atoms with van der Waals surface area (Å²) in [5.41, 5.74) is 4.85. The highest BCUT2D eigenvalue weighted by atomic mass is 16.2. The standard InChI is InChI=1S/C25H32N4O/c1-17(2)15-28(25(30)21-12-11-18(3)14-19(21)4)16-23-27-22-10-7-13-26-24(22)29(23)20-8-5-6-9-20/h7,10-14,17,20H,5-6,8-9,15-16H2,1-4H3. The van der Waals surface area contributed by atoms with E-state index < -0.39 is 0 Å². The molecule has 0 bridgehead atoms. The van der Waals surface area contributed by atoms with Gasteiger partial charge in [0, 0.05) is 24.3 Å². The van der Waals surface area contributed by atoms with Crippen LogP contribution in [0.1, 0.15) is 72.9 Å². The molecule has 0 spiro atoms. The summed E-state index contributed by atoms with van der Waals surface area (Å²) in [6.07, 6.45) is 6.64. The number of amides is 1. The van der Waals surface area contributed by atoms with E-state index in [2.05, 4.69) is 36.4 Å². The predicted octanol–water partition coefficient (Wildman–Crippen LogP) is 5.46. The number of hydrogen-bond donors (Lipinski definition) is 0. The number of aryl methyl sites for hydroxylation is 2. The molecular formula is C25H32N4O. The number of benzene rings is 1. The highest BCUT2D eigenvalue weighted by molar-refractivity contribution is 5.95. The first-order chi connectivity index (χ1) is 14.4. The van der Waals surface area contributed by atoms with Crippen LogP contribution in [0.4, 0.5) is 0 Å². The third kappa shape index (κ3) is 4.11. The Hall–Kier alpha value is -2.69. The van der Waals surface area contributed by atoms with Gasteiger partial charge in [-0.05, 0) is 56.4 Å². The van der Waals surface area contributed by atoms with Crippen LogP contribution in [0.2, 0.25) is 0 Å². The molecule has 0 aliphatic heterocycles. The van der Waals surface area contributed by atoms with E-state index in [9.17, 15) is 4.79 Å². The van der Waals surface area contributed by atoms with Gasteiger partial charge in [-0.15, -0.1) is 0 Å². The minimum atomic E-state index is 0.0826. The van der Waals surface area contributed by atoms with E-state index in [1.165, 1.54) is 18.4 Å². The maximum atomic E-state index is 13.5. The largest absolute Gasteiger partial charge is 0.331 e. The van der Waals surface area contributed by atoms with Crippen LogP contribution in [-0.2, 0) is 6.54 Å². The Bertz CT molecular complexity index is 1050. The number of fused-ring (bicyclic) bond motifs is 1. The second kappa shape index (κ2) is 8.58. The zero-order chi connectivity index (χ0) is 21.3. The molecule has 1 aromatic carbocycles. The third-order valence-electron chi connectivity index (χ3n) is 6.03. The Balaban J connectivity index is 1.72. The van der Waals surface area contributed by atoms with Crippen molar-refractivity contribution >= 4 is 17.1 Å². The average molecular weight is 405 g/mol. The van der Waals surface area contributed by atoms with E-state index in [1.54, 1.807) is 0 Å². The molecule has 0 N–H and O–H groups in total. The van der Waals surface area contributed by atoms with Crippen LogP contribution in [0.15, 0.2) is 36.5 Å². The van der Waals surface area contributed by atoms with E-state index in [1.807, 2.05) is 42.3 Å². The lowest BCUT2D eigenvalue weighted by atomic mass is 10.0. The maximum absolute atomic E-state index is 13.5. The summed E-state index contributed by atoms with van der Waals surface area (Å²) in [6, 6.07) is 10.4. The van der Waals surface area contributed by atoms with Gasteiger partial charge >= 0.3 is 0 Å². The SMILES string of the molecule is Cc1ccc(C(=O)N(Cc2nc3cccnc3n2C2CCCC2)CC(C)C)c(C)c1. The van der Waals surface area contributed by atoms with E-state index in [-0.39, 0.29) is 5.91 Å². The topological polar surface area (TPSA) is 51.0 Å². The first-order valence-corrected chi connectivity index (χ1v) is 11.1. The lowest BCUT2D eigenvalue weighted by Crippen LogP contribution is -2.35. The van der Waals surface area contributed by atoms with Gasteiger partial charge in [-0.1, -0.05) is 44.4 Å². The quantitative estimate of drug-likeness (QED) is 0.548. The second-order valence-corrected chi connectivity index (χ2v) is 9.08. The van der Waals surface area contributed by atoms with Crippen LogP contribution >= 0.6 is 0 Å². The fourth-order valence-electron chi connectivity index (χ4n) is 4.69. The van der Waals surface area contributed by atoms with Crippen molar-refractivity contribution in [1.29, 1.82) is 0 Å². The van der Waals surface area contributed by atoms with E-state index in [0.717, 1.165) is 41.0 Å². The van der Waals surface area contributed by atoms with Crippen molar-refractivity contribution in [1.82, 2.24) is 19.4 Å². The molecule has 0 atom stereocenters. The molecule has 158 valence electrons. The Morgan fingerprint density at radius 1 is 1.20 bits per heavy atom. The van der Waals surface area contributed by atoms with E-state index in [4.69, 9.17) is 4.98 Å². The van der Waals surface area contributed by atoms with Crippen molar-refractivity contribution in [2.24, 2.45) is 5.92 Å². The van der Waals surface area contributed by atoms with Crippen molar-refractivity contribution in [2.45, 2.75) is 66.0 Å². The Morgan fingerprint density at radius 2 is 1.97 bits per heavy atom. The number of carbonyl (C=O) groups is 1. The molecule has 0 radical (unpaired) electrons. The summed E-state index contributed by atoms with van der Waals surface area (Å²) in [5, 5.41) is 0. The minimum absolute atomic E-state index is 0.0826. The summed E-state index contributed by atoms with van der Waals surface area (Å²) >= 11 is 0. The van der Waals surface area contributed by atoms with Gasteiger partial charge in [-0.3, -0.25) is 4.79 Å². The molecule has 3 aromatic rings. The summed E-state index contributed by atoms with van der Waals surface area (Å²) in [5.74, 6) is 1.41. The first kappa shape index (κ1) is 20.6. The van der Waals surface area contributed by atoms with Crippen LogP contribution in [0.3, 0.4) is 0 Å². The number of hydrogen-bond acceptors (Lipinski definition) is 3. The van der Waals surface area contributed by atoms with Crippen molar-refractivity contribution in [3.8, 4) is 0 Å². The number of rotatable bonds is 6. The highest BCUT2D eigenvalue weighted by Gasteiger charge is 2.26. The van der Waals surface area contributed by atoms with Gasteiger partial charge in [-0.2, -0.15) is 0 Å².